The first-order chi connectivity index (χ1) is 8.72. The van der Waals surface area contributed by atoms with Crippen LogP contribution in [0, 0.1) is 6.92 Å². The second-order valence-corrected chi connectivity index (χ2v) is 5.53. The molecule has 0 aliphatic heterocycles. The summed E-state index contributed by atoms with van der Waals surface area (Å²) in [6.07, 6.45) is 1.70. The lowest BCUT2D eigenvalue weighted by Gasteiger charge is -2.12. The molecule has 0 radical (unpaired) electrons. The summed E-state index contributed by atoms with van der Waals surface area (Å²) < 4.78 is 6.60. The summed E-state index contributed by atoms with van der Waals surface area (Å²) in [5.74, 6) is 0.940. The van der Waals surface area contributed by atoms with Crippen molar-refractivity contribution >= 4 is 27.2 Å². The Kier molecular flexibility index (Phi) is 2.80. The highest BCUT2D eigenvalue weighted by molar-refractivity contribution is 7.18. The van der Waals surface area contributed by atoms with E-state index in [1.807, 2.05) is 19.1 Å². The molecule has 18 heavy (non-hydrogen) atoms. The fourth-order valence-corrected chi connectivity index (χ4v) is 2.85. The number of anilines is 1. The van der Waals surface area contributed by atoms with Gasteiger partial charge in [0.1, 0.15) is 5.76 Å². The summed E-state index contributed by atoms with van der Waals surface area (Å²) in [5, 5.41) is 4.53. The third-order valence-corrected chi connectivity index (χ3v) is 3.78. The number of fused-ring (bicyclic) bond motifs is 1. The maximum absolute atomic E-state index is 5.39. The molecule has 3 rings (SSSR count). The Balaban J connectivity index is 1.86. The van der Waals surface area contributed by atoms with Gasteiger partial charge in [-0.3, -0.25) is 0 Å². The Morgan fingerprint density at radius 2 is 2.22 bits per heavy atom. The lowest BCUT2D eigenvalue weighted by Crippen LogP contribution is -2.05. The van der Waals surface area contributed by atoms with Crippen LogP contribution in [0.15, 0.2) is 41.0 Å². The summed E-state index contributed by atoms with van der Waals surface area (Å²) in [6, 6.07) is 10.3. The van der Waals surface area contributed by atoms with E-state index in [0.717, 1.165) is 22.0 Å². The molecule has 0 aliphatic rings. The fourth-order valence-electron chi connectivity index (χ4n) is 1.99. The molecule has 1 aromatic carbocycles. The number of nitrogens with zero attached hydrogens (tertiary/aromatic N) is 1. The van der Waals surface area contributed by atoms with Crippen LogP contribution >= 0.6 is 11.3 Å². The van der Waals surface area contributed by atoms with Crippen molar-refractivity contribution in [1.29, 1.82) is 0 Å². The Bertz CT molecular complexity index is 658. The smallest absolute Gasteiger partial charge is 0.125 e. The van der Waals surface area contributed by atoms with Crippen molar-refractivity contribution in [1.82, 2.24) is 4.98 Å². The van der Waals surface area contributed by atoms with E-state index in [0.29, 0.717) is 0 Å². The SMILES string of the molecule is Cc1nc2ccc(NC(C)c3ccco3)cc2s1. The maximum Gasteiger partial charge on any atom is 0.125 e. The van der Waals surface area contributed by atoms with E-state index in [1.54, 1.807) is 17.6 Å². The van der Waals surface area contributed by atoms with Crippen LogP contribution in [0.25, 0.3) is 10.2 Å². The van der Waals surface area contributed by atoms with Gasteiger partial charge in [-0.25, -0.2) is 4.98 Å². The number of thiazole rings is 1. The first-order valence-corrected chi connectivity index (χ1v) is 6.71. The van der Waals surface area contributed by atoms with Gasteiger partial charge in [0.05, 0.1) is 27.5 Å². The van der Waals surface area contributed by atoms with Gasteiger partial charge < -0.3 is 9.73 Å². The Labute approximate surface area is 109 Å². The van der Waals surface area contributed by atoms with E-state index in [4.69, 9.17) is 4.42 Å². The molecule has 1 atom stereocenters. The van der Waals surface area contributed by atoms with Crippen LogP contribution in [-0.4, -0.2) is 4.98 Å². The van der Waals surface area contributed by atoms with Gasteiger partial charge in [0.15, 0.2) is 0 Å². The average molecular weight is 258 g/mol. The van der Waals surface area contributed by atoms with Crippen LogP contribution < -0.4 is 5.32 Å². The van der Waals surface area contributed by atoms with Gasteiger partial charge in [0.25, 0.3) is 0 Å². The van der Waals surface area contributed by atoms with Gasteiger partial charge in [0.2, 0.25) is 0 Å². The summed E-state index contributed by atoms with van der Waals surface area (Å²) in [7, 11) is 0. The number of benzene rings is 1. The summed E-state index contributed by atoms with van der Waals surface area (Å²) >= 11 is 1.72. The van der Waals surface area contributed by atoms with Crippen LogP contribution in [0.5, 0.6) is 0 Å². The van der Waals surface area contributed by atoms with Crippen molar-refractivity contribution in [3.63, 3.8) is 0 Å². The molecule has 3 nitrogen and oxygen atoms in total. The molecule has 0 saturated carbocycles. The van der Waals surface area contributed by atoms with Gasteiger partial charge in [-0.1, -0.05) is 0 Å². The van der Waals surface area contributed by atoms with Gasteiger partial charge in [-0.05, 0) is 44.2 Å². The van der Waals surface area contributed by atoms with E-state index < -0.39 is 0 Å². The van der Waals surface area contributed by atoms with Crippen LogP contribution in [0.2, 0.25) is 0 Å². The molecule has 1 unspecified atom stereocenters. The minimum absolute atomic E-state index is 0.159. The quantitative estimate of drug-likeness (QED) is 0.758. The van der Waals surface area contributed by atoms with Crippen molar-refractivity contribution < 1.29 is 4.42 Å². The van der Waals surface area contributed by atoms with Crippen molar-refractivity contribution in [2.75, 3.05) is 5.32 Å². The largest absolute Gasteiger partial charge is 0.467 e. The molecule has 0 aliphatic carbocycles. The minimum atomic E-state index is 0.159. The predicted octanol–water partition coefficient (Wildman–Crippen LogP) is 4.37. The Morgan fingerprint density at radius 3 is 3.00 bits per heavy atom. The van der Waals surface area contributed by atoms with Gasteiger partial charge in [-0.2, -0.15) is 0 Å². The lowest BCUT2D eigenvalue weighted by atomic mass is 10.2. The van der Waals surface area contributed by atoms with Gasteiger partial charge in [-0.15, -0.1) is 11.3 Å². The normalized spacial score (nSPS) is 12.8. The molecular formula is C14H14N2OS. The molecule has 4 heteroatoms. The first kappa shape index (κ1) is 11.3. The van der Waals surface area contributed by atoms with Crippen molar-refractivity contribution in [3.05, 3.63) is 47.4 Å². The molecule has 2 aromatic heterocycles. The molecule has 0 saturated heterocycles. The molecule has 0 spiro atoms. The lowest BCUT2D eigenvalue weighted by molar-refractivity contribution is 0.490. The monoisotopic (exact) mass is 258 g/mol. The second kappa shape index (κ2) is 4.46. The zero-order valence-corrected chi connectivity index (χ0v) is 11.1. The molecule has 1 N–H and O–H groups in total. The van der Waals surface area contributed by atoms with Crippen molar-refractivity contribution in [2.45, 2.75) is 19.9 Å². The maximum atomic E-state index is 5.39. The number of hydrogen-bond donors (Lipinski definition) is 1. The topological polar surface area (TPSA) is 38.1 Å². The van der Waals surface area contributed by atoms with E-state index in [-0.39, 0.29) is 6.04 Å². The highest BCUT2D eigenvalue weighted by atomic mass is 32.1. The van der Waals surface area contributed by atoms with E-state index in [1.165, 1.54) is 4.70 Å². The molecule has 0 amide bonds. The third-order valence-electron chi connectivity index (χ3n) is 2.85. The number of rotatable bonds is 3. The minimum Gasteiger partial charge on any atom is -0.467 e. The van der Waals surface area contributed by atoms with E-state index >= 15 is 0 Å². The average Bonchev–Trinajstić information content (AvgIpc) is 2.95. The van der Waals surface area contributed by atoms with Crippen LogP contribution in [0.3, 0.4) is 0 Å². The van der Waals surface area contributed by atoms with Crippen LogP contribution in [0.1, 0.15) is 23.7 Å². The number of furan rings is 1. The molecule has 2 heterocycles. The Hall–Kier alpha value is -1.81. The molecule has 3 aromatic rings. The number of aryl methyl sites for hydroxylation is 1. The zero-order chi connectivity index (χ0) is 12.5. The van der Waals surface area contributed by atoms with Crippen molar-refractivity contribution in [2.24, 2.45) is 0 Å². The molecule has 0 fully saturated rings. The van der Waals surface area contributed by atoms with Gasteiger partial charge >= 0.3 is 0 Å². The predicted molar refractivity (Wildman–Crippen MR) is 75.1 cm³/mol. The summed E-state index contributed by atoms with van der Waals surface area (Å²) in [5.41, 5.74) is 2.16. The molecular weight excluding hydrogens is 244 g/mol. The Morgan fingerprint density at radius 1 is 1.33 bits per heavy atom. The van der Waals surface area contributed by atoms with Crippen molar-refractivity contribution in [3.8, 4) is 0 Å². The fraction of sp³-hybridized carbons (Fsp3) is 0.214. The summed E-state index contributed by atoms with van der Waals surface area (Å²) in [6.45, 7) is 4.12. The number of aromatic nitrogens is 1. The molecule has 0 bridgehead atoms. The highest BCUT2D eigenvalue weighted by Gasteiger charge is 2.08. The summed E-state index contributed by atoms with van der Waals surface area (Å²) in [4.78, 5) is 4.46. The second-order valence-electron chi connectivity index (χ2n) is 4.30. The van der Waals surface area contributed by atoms with Gasteiger partial charge in [0, 0.05) is 5.69 Å². The van der Waals surface area contributed by atoms with E-state index in [2.05, 4.69) is 35.4 Å². The van der Waals surface area contributed by atoms with Crippen LogP contribution in [-0.2, 0) is 0 Å². The van der Waals surface area contributed by atoms with Crippen LogP contribution in [0.4, 0.5) is 5.69 Å². The first-order valence-electron chi connectivity index (χ1n) is 5.89. The highest BCUT2D eigenvalue weighted by Crippen LogP contribution is 2.27. The standard InChI is InChI=1S/C14H14N2OS/c1-9(13-4-3-7-17-13)15-11-5-6-12-14(8-11)18-10(2)16-12/h3-9,15H,1-2H3. The zero-order valence-electron chi connectivity index (χ0n) is 10.3. The third kappa shape index (κ3) is 2.11. The number of hydrogen-bond acceptors (Lipinski definition) is 4. The van der Waals surface area contributed by atoms with E-state index in [9.17, 15) is 0 Å². The number of nitrogens with one attached hydrogen (secondary N) is 1. The molecule has 92 valence electrons.